The van der Waals surface area contributed by atoms with Gasteiger partial charge in [-0.25, -0.2) is 0 Å². The first kappa shape index (κ1) is 13.8. The second kappa shape index (κ2) is 4.56. The first-order valence-corrected chi connectivity index (χ1v) is 7.30. The van der Waals surface area contributed by atoms with Crippen LogP contribution in [0.4, 0.5) is 0 Å². The van der Waals surface area contributed by atoms with Gasteiger partial charge in [0, 0.05) is 11.6 Å². The molecule has 1 atom stereocenters. The van der Waals surface area contributed by atoms with Crippen molar-refractivity contribution in [3.05, 3.63) is 58.7 Å². The number of ether oxygens (including phenoxy) is 2. The normalized spacial score (nSPS) is 19.9. The lowest BCUT2D eigenvalue weighted by Crippen LogP contribution is -2.19. The molecule has 4 rings (SSSR count). The van der Waals surface area contributed by atoms with Crippen molar-refractivity contribution < 1.29 is 19.7 Å². The summed E-state index contributed by atoms with van der Waals surface area (Å²) in [6.45, 7) is 0. The van der Waals surface area contributed by atoms with Gasteiger partial charge in [-0.05, 0) is 34.9 Å². The average Bonchev–Trinajstić information content (AvgIpc) is 3.09. The fraction of sp³-hybridized carbons (Fsp3) is 0.158. The number of rotatable bonds is 2. The number of phenolic OH excluding ortho intramolecular Hbond substituents is 2. The molecule has 0 bridgehead atoms. The Labute approximate surface area is 133 Å². The molecule has 0 radical (unpaired) electrons. The molecule has 4 nitrogen and oxygen atoms in total. The number of methoxy groups -OCH3 is 2. The highest BCUT2D eigenvalue weighted by Gasteiger charge is 2.40. The van der Waals surface area contributed by atoms with Crippen LogP contribution in [0.5, 0.6) is 23.0 Å². The lowest BCUT2D eigenvalue weighted by molar-refractivity contribution is 0.373. The number of benzene rings is 2. The molecule has 23 heavy (non-hydrogen) atoms. The van der Waals surface area contributed by atoms with Gasteiger partial charge in [-0.2, -0.15) is 0 Å². The minimum atomic E-state index is -0.500. The van der Waals surface area contributed by atoms with Crippen molar-refractivity contribution in [1.82, 2.24) is 0 Å². The quantitative estimate of drug-likeness (QED) is 0.892. The first-order chi connectivity index (χ1) is 11.1. The number of allylic oxidation sites excluding steroid dienone is 2. The largest absolute Gasteiger partial charge is 0.508 e. The van der Waals surface area contributed by atoms with Crippen LogP contribution in [0.2, 0.25) is 0 Å². The highest BCUT2D eigenvalue weighted by Crippen LogP contribution is 2.52. The van der Waals surface area contributed by atoms with Gasteiger partial charge in [0.1, 0.15) is 11.5 Å². The zero-order chi connectivity index (χ0) is 16.2. The lowest BCUT2D eigenvalue weighted by Gasteiger charge is -2.25. The predicted octanol–water partition coefficient (Wildman–Crippen LogP) is 3.45. The number of phenols is 2. The zero-order valence-corrected chi connectivity index (χ0v) is 12.8. The van der Waals surface area contributed by atoms with Gasteiger partial charge in [-0.3, -0.25) is 0 Å². The van der Waals surface area contributed by atoms with Crippen LogP contribution < -0.4 is 9.47 Å². The van der Waals surface area contributed by atoms with Gasteiger partial charge < -0.3 is 19.7 Å². The van der Waals surface area contributed by atoms with Gasteiger partial charge in [0.2, 0.25) is 0 Å². The van der Waals surface area contributed by atoms with Crippen LogP contribution in [0.25, 0.3) is 12.2 Å². The molecule has 0 aromatic heterocycles. The summed E-state index contributed by atoms with van der Waals surface area (Å²) in [5, 5.41) is 20.2. The maximum atomic E-state index is 10.2. The SMILES string of the molecule is COc1cc2c(cc1O)C1(C=C2)C=Cc2c(OC)cc(O)cc21. The predicted molar refractivity (Wildman–Crippen MR) is 88.2 cm³/mol. The summed E-state index contributed by atoms with van der Waals surface area (Å²) in [6.07, 6.45) is 8.13. The monoisotopic (exact) mass is 308 g/mol. The minimum absolute atomic E-state index is 0.100. The Morgan fingerprint density at radius 1 is 0.826 bits per heavy atom. The molecule has 1 spiro atoms. The number of aromatic hydroxyl groups is 2. The summed E-state index contributed by atoms with van der Waals surface area (Å²) in [6, 6.07) is 6.90. The van der Waals surface area contributed by atoms with E-state index in [0.29, 0.717) is 11.5 Å². The number of fused-ring (bicyclic) bond motifs is 4. The van der Waals surface area contributed by atoms with Crippen molar-refractivity contribution >= 4 is 12.2 Å². The van der Waals surface area contributed by atoms with Crippen LogP contribution in [-0.4, -0.2) is 24.4 Å². The van der Waals surface area contributed by atoms with E-state index in [2.05, 4.69) is 12.2 Å². The molecular weight excluding hydrogens is 292 g/mol. The van der Waals surface area contributed by atoms with Gasteiger partial charge in [0.05, 0.1) is 19.6 Å². The van der Waals surface area contributed by atoms with Crippen molar-refractivity contribution in [2.75, 3.05) is 14.2 Å². The molecule has 2 N–H and O–H groups in total. The standard InChI is InChI=1S/C19H16O4/c1-22-17-9-12(20)8-15-13(17)4-6-19(15)5-3-11-7-18(23-2)16(21)10-14(11)19/h3-10,20-21H,1-2H3. The average molecular weight is 308 g/mol. The minimum Gasteiger partial charge on any atom is -0.508 e. The maximum absolute atomic E-state index is 10.2. The van der Waals surface area contributed by atoms with Crippen molar-refractivity contribution in [1.29, 1.82) is 0 Å². The first-order valence-electron chi connectivity index (χ1n) is 7.30. The topological polar surface area (TPSA) is 58.9 Å². The summed E-state index contributed by atoms with van der Waals surface area (Å²) in [7, 11) is 3.12. The summed E-state index contributed by atoms with van der Waals surface area (Å²) in [5.74, 6) is 1.33. The summed E-state index contributed by atoms with van der Waals surface area (Å²) in [5.41, 5.74) is 3.32. The summed E-state index contributed by atoms with van der Waals surface area (Å²) in [4.78, 5) is 0. The molecule has 0 saturated carbocycles. The third-order valence-corrected chi connectivity index (χ3v) is 4.63. The Kier molecular flexibility index (Phi) is 2.73. The summed E-state index contributed by atoms with van der Waals surface area (Å²) < 4.78 is 10.6. The van der Waals surface area contributed by atoms with Gasteiger partial charge in [0.25, 0.3) is 0 Å². The van der Waals surface area contributed by atoms with Gasteiger partial charge in [-0.15, -0.1) is 0 Å². The molecular formula is C19H16O4. The molecule has 4 heteroatoms. The number of hydrogen-bond acceptors (Lipinski definition) is 4. The Bertz CT molecular complexity index is 879. The van der Waals surface area contributed by atoms with Gasteiger partial charge >= 0.3 is 0 Å². The van der Waals surface area contributed by atoms with E-state index in [-0.39, 0.29) is 11.5 Å². The third-order valence-electron chi connectivity index (χ3n) is 4.63. The molecule has 0 saturated heterocycles. The fourth-order valence-corrected chi connectivity index (χ4v) is 3.53. The van der Waals surface area contributed by atoms with Crippen LogP contribution in [0.1, 0.15) is 22.3 Å². The Balaban J connectivity index is 1.97. The van der Waals surface area contributed by atoms with E-state index in [4.69, 9.17) is 9.47 Å². The van der Waals surface area contributed by atoms with Crippen LogP contribution in [0.15, 0.2) is 36.4 Å². The Morgan fingerprint density at radius 3 is 2.30 bits per heavy atom. The Hall–Kier alpha value is -2.88. The van der Waals surface area contributed by atoms with Crippen LogP contribution >= 0.6 is 0 Å². The highest BCUT2D eigenvalue weighted by atomic mass is 16.5. The van der Waals surface area contributed by atoms with Crippen molar-refractivity contribution in [2.24, 2.45) is 0 Å². The summed E-state index contributed by atoms with van der Waals surface area (Å²) >= 11 is 0. The van der Waals surface area contributed by atoms with E-state index in [1.807, 2.05) is 18.2 Å². The molecule has 116 valence electrons. The maximum Gasteiger partial charge on any atom is 0.161 e. The molecule has 0 aliphatic heterocycles. The second-order valence-electron chi connectivity index (χ2n) is 5.76. The smallest absolute Gasteiger partial charge is 0.161 e. The number of hydrogen-bond donors (Lipinski definition) is 2. The molecule has 1 unspecified atom stereocenters. The lowest BCUT2D eigenvalue weighted by atomic mass is 9.78. The molecule has 2 aliphatic rings. The molecule has 2 aliphatic carbocycles. The molecule has 2 aromatic rings. The van der Waals surface area contributed by atoms with E-state index >= 15 is 0 Å². The van der Waals surface area contributed by atoms with E-state index in [9.17, 15) is 10.2 Å². The van der Waals surface area contributed by atoms with E-state index in [1.54, 1.807) is 25.3 Å². The van der Waals surface area contributed by atoms with E-state index < -0.39 is 5.41 Å². The molecule has 0 fully saturated rings. The second-order valence-corrected chi connectivity index (χ2v) is 5.76. The van der Waals surface area contributed by atoms with Crippen LogP contribution in [-0.2, 0) is 5.41 Å². The fourth-order valence-electron chi connectivity index (χ4n) is 3.53. The third kappa shape index (κ3) is 1.72. The van der Waals surface area contributed by atoms with Crippen LogP contribution in [0, 0.1) is 0 Å². The van der Waals surface area contributed by atoms with E-state index in [0.717, 1.165) is 22.3 Å². The molecule has 0 amide bonds. The molecule has 2 aromatic carbocycles. The zero-order valence-electron chi connectivity index (χ0n) is 12.8. The van der Waals surface area contributed by atoms with Crippen LogP contribution in [0.3, 0.4) is 0 Å². The molecule has 0 heterocycles. The van der Waals surface area contributed by atoms with Crippen molar-refractivity contribution in [3.8, 4) is 23.0 Å². The van der Waals surface area contributed by atoms with Crippen molar-refractivity contribution in [3.63, 3.8) is 0 Å². The van der Waals surface area contributed by atoms with Gasteiger partial charge in [0.15, 0.2) is 11.5 Å². The van der Waals surface area contributed by atoms with E-state index in [1.165, 1.54) is 7.11 Å². The van der Waals surface area contributed by atoms with Crippen molar-refractivity contribution in [2.45, 2.75) is 5.41 Å². The highest BCUT2D eigenvalue weighted by molar-refractivity contribution is 5.83. The van der Waals surface area contributed by atoms with Gasteiger partial charge in [-0.1, -0.05) is 24.3 Å². The Morgan fingerprint density at radius 2 is 1.57 bits per heavy atom.